The molecule has 3 rings (SSSR count). The highest BCUT2D eigenvalue weighted by atomic mass is 15.2. The van der Waals surface area contributed by atoms with E-state index < -0.39 is 0 Å². The Bertz CT molecular complexity index is 279. The molecule has 1 heterocycles. The molecule has 116 valence electrons. The SMILES string of the molecule is CC1CC(NC2CCCCC2)CN(C2CCCCC2)C1. The second-order valence-electron chi connectivity index (χ2n) is 7.79. The summed E-state index contributed by atoms with van der Waals surface area (Å²) >= 11 is 0. The van der Waals surface area contributed by atoms with Gasteiger partial charge in [0.1, 0.15) is 0 Å². The number of rotatable bonds is 3. The van der Waals surface area contributed by atoms with Gasteiger partial charge in [0.25, 0.3) is 0 Å². The summed E-state index contributed by atoms with van der Waals surface area (Å²) in [6.45, 7) is 5.14. The van der Waals surface area contributed by atoms with E-state index in [9.17, 15) is 0 Å². The van der Waals surface area contributed by atoms with Crippen LogP contribution in [0.15, 0.2) is 0 Å². The minimum Gasteiger partial charge on any atom is -0.310 e. The second-order valence-corrected chi connectivity index (χ2v) is 7.79. The highest BCUT2D eigenvalue weighted by Gasteiger charge is 2.31. The molecule has 3 aliphatic rings. The van der Waals surface area contributed by atoms with E-state index in [1.54, 1.807) is 0 Å². The predicted octanol–water partition coefficient (Wildman–Crippen LogP) is 3.95. The van der Waals surface area contributed by atoms with Crippen molar-refractivity contribution in [2.24, 2.45) is 5.92 Å². The van der Waals surface area contributed by atoms with Gasteiger partial charge in [-0.2, -0.15) is 0 Å². The Morgan fingerprint density at radius 2 is 1.40 bits per heavy atom. The summed E-state index contributed by atoms with van der Waals surface area (Å²) in [5.41, 5.74) is 0. The van der Waals surface area contributed by atoms with Crippen molar-refractivity contribution in [3.8, 4) is 0 Å². The first kappa shape index (κ1) is 14.8. The van der Waals surface area contributed by atoms with Crippen molar-refractivity contribution in [2.75, 3.05) is 13.1 Å². The van der Waals surface area contributed by atoms with Crippen molar-refractivity contribution in [3.63, 3.8) is 0 Å². The fourth-order valence-electron chi connectivity index (χ4n) is 4.86. The molecule has 0 aromatic heterocycles. The van der Waals surface area contributed by atoms with Gasteiger partial charge in [0, 0.05) is 31.2 Å². The quantitative estimate of drug-likeness (QED) is 0.841. The van der Waals surface area contributed by atoms with E-state index in [4.69, 9.17) is 0 Å². The molecule has 1 saturated heterocycles. The molecule has 2 heteroatoms. The van der Waals surface area contributed by atoms with E-state index in [-0.39, 0.29) is 0 Å². The van der Waals surface area contributed by atoms with Gasteiger partial charge in [0.15, 0.2) is 0 Å². The van der Waals surface area contributed by atoms with Crippen LogP contribution in [0, 0.1) is 5.92 Å². The molecular formula is C18H34N2. The fourth-order valence-corrected chi connectivity index (χ4v) is 4.86. The Morgan fingerprint density at radius 3 is 2.10 bits per heavy atom. The molecule has 0 bridgehead atoms. The van der Waals surface area contributed by atoms with E-state index in [1.807, 2.05) is 0 Å². The van der Waals surface area contributed by atoms with Crippen LogP contribution in [0.1, 0.15) is 77.6 Å². The monoisotopic (exact) mass is 278 g/mol. The molecule has 1 N–H and O–H groups in total. The smallest absolute Gasteiger partial charge is 0.0200 e. The van der Waals surface area contributed by atoms with Crippen LogP contribution in [0.2, 0.25) is 0 Å². The van der Waals surface area contributed by atoms with Gasteiger partial charge in [0.05, 0.1) is 0 Å². The van der Waals surface area contributed by atoms with Crippen LogP contribution in [0.3, 0.4) is 0 Å². The van der Waals surface area contributed by atoms with E-state index >= 15 is 0 Å². The zero-order valence-corrected chi connectivity index (χ0v) is 13.4. The molecule has 20 heavy (non-hydrogen) atoms. The summed E-state index contributed by atoms with van der Waals surface area (Å²) in [5.74, 6) is 0.881. The molecule has 0 radical (unpaired) electrons. The molecule has 2 saturated carbocycles. The summed E-state index contributed by atoms with van der Waals surface area (Å²) in [6, 6.07) is 2.50. The number of hydrogen-bond donors (Lipinski definition) is 1. The maximum atomic E-state index is 4.02. The van der Waals surface area contributed by atoms with Crippen molar-refractivity contribution in [1.29, 1.82) is 0 Å². The molecule has 0 aromatic rings. The molecule has 2 atom stereocenters. The first-order valence-electron chi connectivity index (χ1n) is 9.31. The van der Waals surface area contributed by atoms with Gasteiger partial charge in [-0.15, -0.1) is 0 Å². The topological polar surface area (TPSA) is 15.3 Å². The van der Waals surface area contributed by atoms with Gasteiger partial charge < -0.3 is 5.32 Å². The van der Waals surface area contributed by atoms with Gasteiger partial charge in [-0.05, 0) is 38.0 Å². The number of piperidine rings is 1. The van der Waals surface area contributed by atoms with Crippen molar-refractivity contribution in [3.05, 3.63) is 0 Å². The third-order valence-electron chi connectivity index (χ3n) is 5.86. The zero-order valence-electron chi connectivity index (χ0n) is 13.4. The van der Waals surface area contributed by atoms with Gasteiger partial charge in [-0.3, -0.25) is 4.90 Å². The third-order valence-corrected chi connectivity index (χ3v) is 5.86. The van der Waals surface area contributed by atoms with Gasteiger partial charge in [-0.1, -0.05) is 45.4 Å². The lowest BCUT2D eigenvalue weighted by atomic mass is 9.88. The molecule has 2 nitrogen and oxygen atoms in total. The standard InChI is InChI=1S/C18H34N2/c1-15-12-17(19-16-8-4-2-5-9-16)14-20(13-15)18-10-6-3-7-11-18/h15-19H,2-14H2,1H3. The van der Waals surface area contributed by atoms with E-state index in [2.05, 4.69) is 17.1 Å². The van der Waals surface area contributed by atoms with E-state index in [0.717, 1.165) is 24.0 Å². The molecule has 3 fully saturated rings. The molecule has 1 aliphatic heterocycles. The van der Waals surface area contributed by atoms with Crippen LogP contribution >= 0.6 is 0 Å². The van der Waals surface area contributed by atoms with Gasteiger partial charge >= 0.3 is 0 Å². The molecule has 2 unspecified atom stereocenters. The van der Waals surface area contributed by atoms with Crippen molar-refractivity contribution < 1.29 is 0 Å². The maximum absolute atomic E-state index is 4.02. The Kier molecular flexibility index (Phi) is 5.39. The summed E-state index contributed by atoms with van der Waals surface area (Å²) < 4.78 is 0. The van der Waals surface area contributed by atoms with Crippen LogP contribution in [0.4, 0.5) is 0 Å². The fraction of sp³-hybridized carbons (Fsp3) is 1.00. The maximum Gasteiger partial charge on any atom is 0.0200 e. The molecule has 2 aliphatic carbocycles. The van der Waals surface area contributed by atoms with Gasteiger partial charge in [0.2, 0.25) is 0 Å². The minimum absolute atomic E-state index is 0.767. The number of nitrogens with one attached hydrogen (secondary N) is 1. The van der Waals surface area contributed by atoms with E-state index in [0.29, 0.717) is 0 Å². The highest BCUT2D eigenvalue weighted by molar-refractivity contribution is 4.88. The summed E-state index contributed by atoms with van der Waals surface area (Å²) in [5, 5.41) is 4.02. The number of hydrogen-bond acceptors (Lipinski definition) is 2. The molecule has 0 amide bonds. The van der Waals surface area contributed by atoms with Crippen LogP contribution in [-0.4, -0.2) is 36.1 Å². The van der Waals surface area contributed by atoms with Gasteiger partial charge in [-0.25, -0.2) is 0 Å². The third kappa shape index (κ3) is 3.98. The average molecular weight is 278 g/mol. The average Bonchev–Trinajstić information content (AvgIpc) is 2.49. The highest BCUT2D eigenvalue weighted by Crippen LogP contribution is 2.28. The summed E-state index contributed by atoms with van der Waals surface area (Å²) in [4.78, 5) is 2.84. The molecular weight excluding hydrogens is 244 g/mol. The predicted molar refractivity (Wildman–Crippen MR) is 86.0 cm³/mol. The lowest BCUT2D eigenvalue weighted by Gasteiger charge is -2.44. The second kappa shape index (κ2) is 7.26. The Hall–Kier alpha value is -0.0800. The lowest BCUT2D eigenvalue weighted by Crippen LogP contribution is -2.54. The Labute approximate surface area is 125 Å². The Morgan fingerprint density at radius 1 is 0.750 bits per heavy atom. The van der Waals surface area contributed by atoms with Crippen LogP contribution < -0.4 is 5.32 Å². The molecule has 0 spiro atoms. The first-order chi connectivity index (χ1) is 9.81. The van der Waals surface area contributed by atoms with Crippen molar-refractivity contribution in [1.82, 2.24) is 10.2 Å². The normalized spacial score (nSPS) is 35.2. The van der Waals surface area contributed by atoms with Crippen LogP contribution in [0.5, 0.6) is 0 Å². The largest absolute Gasteiger partial charge is 0.310 e. The summed E-state index contributed by atoms with van der Waals surface area (Å²) in [6.07, 6.45) is 16.0. The number of nitrogens with zero attached hydrogens (tertiary/aromatic N) is 1. The van der Waals surface area contributed by atoms with Crippen LogP contribution in [0.25, 0.3) is 0 Å². The minimum atomic E-state index is 0.767. The van der Waals surface area contributed by atoms with Crippen molar-refractivity contribution in [2.45, 2.75) is 95.7 Å². The first-order valence-corrected chi connectivity index (χ1v) is 9.31. The Balaban J connectivity index is 1.52. The number of likely N-dealkylation sites (tertiary alicyclic amines) is 1. The van der Waals surface area contributed by atoms with E-state index in [1.165, 1.54) is 83.7 Å². The molecule has 0 aromatic carbocycles. The van der Waals surface area contributed by atoms with Crippen LogP contribution in [-0.2, 0) is 0 Å². The van der Waals surface area contributed by atoms with Crippen molar-refractivity contribution >= 4 is 0 Å². The zero-order chi connectivity index (χ0) is 13.8. The lowest BCUT2D eigenvalue weighted by molar-refractivity contribution is 0.0775. The summed E-state index contributed by atoms with van der Waals surface area (Å²) in [7, 11) is 0.